The number of hydrogen-bond acceptors (Lipinski definition) is 6. The normalized spacial score (nSPS) is 25.4. The molecule has 3 N–H and O–H groups in total. The molecule has 47 heavy (non-hydrogen) atoms. The number of carbonyl (C=O) groups is 2. The standard InChI is InChI=1S/C41H50N2O4/c1-6-8-24-43-32-20-14-19-31(26-32)40(45)46-37-28(4)41(5)23-12-11-22-34(41)36(33-21-10-9-16-27(33)3)38(37)47-39(44)30-18-13-17-29(25-30)35(42)15-7-2/h9-14,16-23,25-26,28,34-38,43H,6-8,15,24,42H2,1-5H3. The van der Waals surface area contributed by atoms with Crippen LogP contribution in [0.25, 0.3) is 0 Å². The molecule has 5 rings (SSSR count). The summed E-state index contributed by atoms with van der Waals surface area (Å²) in [6.45, 7) is 11.5. The molecule has 2 aliphatic rings. The average Bonchev–Trinajstić information content (AvgIpc) is 3.08. The summed E-state index contributed by atoms with van der Waals surface area (Å²) in [5, 5.41) is 3.40. The van der Waals surface area contributed by atoms with Crippen molar-refractivity contribution >= 4 is 17.6 Å². The monoisotopic (exact) mass is 634 g/mol. The predicted molar refractivity (Wildman–Crippen MR) is 189 cm³/mol. The van der Waals surface area contributed by atoms with Crippen LogP contribution >= 0.6 is 0 Å². The van der Waals surface area contributed by atoms with Gasteiger partial charge in [-0.05, 0) is 78.1 Å². The molecule has 248 valence electrons. The van der Waals surface area contributed by atoms with E-state index < -0.39 is 24.1 Å². The van der Waals surface area contributed by atoms with Crippen molar-refractivity contribution < 1.29 is 19.1 Å². The molecule has 6 nitrogen and oxygen atoms in total. The first kappa shape index (κ1) is 34.2. The molecule has 0 saturated heterocycles. The molecule has 3 aromatic carbocycles. The smallest absolute Gasteiger partial charge is 0.338 e. The quantitative estimate of drug-likeness (QED) is 0.153. The van der Waals surface area contributed by atoms with Gasteiger partial charge in [-0.25, -0.2) is 9.59 Å². The molecule has 0 spiro atoms. The second-order valence-corrected chi connectivity index (χ2v) is 13.4. The number of unbranched alkanes of at least 4 members (excludes halogenated alkanes) is 1. The molecule has 0 bridgehead atoms. The van der Waals surface area contributed by atoms with Gasteiger partial charge in [0.25, 0.3) is 0 Å². The second kappa shape index (κ2) is 15.2. The minimum atomic E-state index is -0.740. The molecule has 0 heterocycles. The zero-order valence-electron chi connectivity index (χ0n) is 28.4. The highest BCUT2D eigenvalue weighted by atomic mass is 16.6. The molecule has 0 aliphatic heterocycles. The third kappa shape index (κ3) is 7.38. The molecule has 6 heteroatoms. The zero-order valence-corrected chi connectivity index (χ0v) is 28.4. The average molecular weight is 635 g/mol. The van der Waals surface area contributed by atoms with E-state index in [1.807, 2.05) is 48.5 Å². The fraction of sp³-hybridized carbons (Fsp3) is 0.415. The van der Waals surface area contributed by atoms with Crippen molar-refractivity contribution in [2.45, 2.75) is 84.5 Å². The van der Waals surface area contributed by atoms with Crippen LogP contribution in [0.1, 0.15) is 103 Å². The fourth-order valence-electron chi connectivity index (χ4n) is 7.34. The third-order valence-corrected chi connectivity index (χ3v) is 10.3. The Labute approximate surface area is 280 Å². The van der Waals surface area contributed by atoms with Crippen LogP contribution in [0.5, 0.6) is 0 Å². The van der Waals surface area contributed by atoms with E-state index in [0.29, 0.717) is 11.1 Å². The molecule has 0 aromatic heterocycles. The number of carbonyl (C=O) groups excluding carboxylic acids is 2. The fourth-order valence-corrected chi connectivity index (χ4v) is 7.34. The van der Waals surface area contributed by atoms with Gasteiger partial charge in [0, 0.05) is 30.1 Å². The summed E-state index contributed by atoms with van der Waals surface area (Å²) in [5.41, 5.74) is 10.9. The number of esters is 2. The number of rotatable bonds is 12. The van der Waals surface area contributed by atoms with Crippen molar-refractivity contribution in [1.29, 1.82) is 0 Å². The van der Waals surface area contributed by atoms with E-state index in [4.69, 9.17) is 15.2 Å². The van der Waals surface area contributed by atoms with Crippen molar-refractivity contribution in [1.82, 2.24) is 0 Å². The van der Waals surface area contributed by atoms with E-state index in [-0.39, 0.29) is 29.2 Å². The van der Waals surface area contributed by atoms with E-state index in [0.717, 1.165) is 54.6 Å². The highest BCUT2D eigenvalue weighted by Gasteiger charge is 2.57. The molecule has 0 amide bonds. The van der Waals surface area contributed by atoms with Crippen LogP contribution in [0.4, 0.5) is 5.69 Å². The first-order chi connectivity index (χ1) is 22.7. The predicted octanol–water partition coefficient (Wildman–Crippen LogP) is 8.94. The van der Waals surface area contributed by atoms with Crippen LogP contribution < -0.4 is 11.1 Å². The molecule has 0 radical (unpaired) electrons. The Hall–Kier alpha value is -4.16. The Morgan fingerprint density at radius 3 is 2.32 bits per heavy atom. The number of nitrogens with two attached hydrogens (primary N) is 1. The van der Waals surface area contributed by atoms with Gasteiger partial charge in [0.05, 0.1) is 11.1 Å². The van der Waals surface area contributed by atoms with Crippen LogP contribution in [0.3, 0.4) is 0 Å². The van der Waals surface area contributed by atoms with Gasteiger partial charge in [-0.1, -0.05) is 107 Å². The highest BCUT2D eigenvalue weighted by Crippen LogP contribution is 2.56. The number of fused-ring (bicyclic) bond motifs is 1. The summed E-state index contributed by atoms with van der Waals surface area (Å²) in [5.74, 6) is -1.30. The lowest BCUT2D eigenvalue weighted by Gasteiger charge is -2.54. The van der Waals surface area contributed by atoms with E-state index in [9.17, 15) is 9.59 Å². The summed E-state index contributed by atoms with van der Waals surface area (Å²) in [4.78, 5) is 28.0. The summed E-state index contributed by atoms with van der Waals surface area (Å²) in [6.07, 6.45) is 11.0. The Morgan fingerprint density at radius 1 is 0.894 bits per heavy atom. The lowest BCUT2D eigenvalue weighted by molar-refractivity contribution is -0.121. The van der Waals surface area contributed by atoms with Gasteiger partial charge < -0.3 is 20.5 Å². The summed E-state index contributed by atoms with van der Waals surface area (Å²) < 4.78 is 13.1. The van der Waals surface area contributed by atoms with Gasteiger partial charge in [-0.15, -0.1) is 0 Å². The Bertz CT molecular complexity index is 1610. The first-order valence-corrected chi connectivity index (χ1v) is 17.2. The number of aryl methyl sites for hydroxylation is 1. The molecule has 1 fully saturated rings. The van der Waals surface area contributed by atoms with Crippen molar-refractivity contribution in [3.05, 3.63) is 125 Å². The van der Waals surface area contributed by atoms with Gasteiger partial charge in [0.2, 0.25) is 0 Å². The molecule has 7 unspecified atom stereocenters. The van der Waals surface area contributed by atoms with Crippen molar-refractivity contribution in [3.8, 4) is 0 Å². The van der Waals surface area contributed by atoms with Crippen molar-refractivity contribution in [2.75, 3.05) is 11.9 Å². The minimum absolute atomic E-state index is 0.00626. The van der Waals surface area contributed by atoms with Gasteiger partial charge in [0.1, 0.15) is 12.2 Å². The van der Waals surface area contributed by atoms with E-state index >= 15 is 0 Å². The van der Waals surface area contributed by atoms with E-state index in [1.165, 1.54) is 0 Å². The van der Waals surface area contributed by atoms with Crippen LogP contribution in [0, 0.1) is 24.2 Å². The largest absolute Gasteiger partial charge is 0.454 e. The van der Waals surface area contributed by atoms with Crippen LogP contribution in [-0.4, -0.2) is 30.7 Å². The maximum atomic E-state index is 14.1. The first-order valence-electron chi connectivity index (χ1n) is 17.2. The number of benzene rings is 3. The summed E-state index contributed by atoms with van der Waals surface area (Å²) in [7, 11) is 0. The minimum Gasteiger partial charge on any atom is -0.454 e. The number of anilines is 1. The molecule has 7 atom stereocenters. The maximum Gasteiger partial charge on any atom is 0.338 e. The number of hydrogen-bond donors (Lipinski definition) is 2. The van der Waals surface area contributed by atoms with Crippen molar-refractivity contribution in [2.24, 2.45) is 23.0 Å². The topological polar surface area (TPSA) is 90.6 Å². The highest BCUT2D eigenvalue weighted by molar-refractivity contribution is 5.91. The van der Waals surface area contributed by atoms with Gasteiger partial charge in [-0.3, -0.25) is 0 Å². The van der Waals surface area contributed by atoms with Crippen LogP contribution in [-0.2, 0) is 9.47 Å². The van der Waals surface area contributed by atoms with Crippen LogP contribution in [0.2, 0.25) is 0 Å². The SMILES string of the molecule is CCCCNc1cccc(C(=O)OC2C(OC(=O)c3cccc(C(N)CCC)c3)C(c3ccccc3C)C3C=CC=CC3(C)C2C)c1. The van der Waals surface area contributed by atoms with Crippen molar-refractivity contribution in [3.63, 3.8) is 0 Å². The summed E-state index contributed by atoms with van der Waals surface area (Å²) in [6, 6.07) is 22.9. The molecule has 1 saturated carbocycles. The van der Waals surface area contributed by atoms with Gasteiger partial charge >= 0.3 is 11.9 Å². The molecule has 3 aromatic rings. The Morgan fingerprint density at radius 2 is 1.60 bits per heavy atom. The van der Waals surface area contributed by atoms with E-state index in [2.05, 4.69) is 76.4 Å². The van der Waals surface area contributed by atoms with Gasteiger partial charge in [0.15, 0.2) is 0 Å². The number of ether oxygens (including phenoxy) is 2. The Balaban J connectivity index is 1.55. The molecular formula is C41H50N2O4. The number of allylic oxidation sites excluding steroid dienone is 4. The lowest BCUT2D eigenvalue weighted by Crippen LogP contribution is -2.57. The second-order valence-electron chi connectivity index (χ2n) is 13.4. The third-order valence-electron chi connectivity index (χ3n) is 10.3. The van der Waals surface area contributed by atoms with Crippen LogP contribution in [0.15, 0.2) is 97.1 Å². The molecule has 2 aliphatic carbocycles. The maximum absolute atomic E-state index is 14.1. The summed E-state index contributed by atoms with van der Waals surface area (Å²) >= 11 is 0. The Kier molecular flexibility index (Phi) is 11.0. The van der Waals surface area contributed by atoms with Gasteiger partial charge in [-0.2, -0.15) is 0 Å². The van der Waals surface area contributed by atoms with E-state index in [1.54, 1.807) is 12.1 Å². The lowest BCUT2D eigenvalue weighted by atomic mass is 9.53. The number of nitrogens with one attached hydrogen (secondary N) is 1. The zero-order chi connectivity index (χ0) is 33.6. The molecular weight excluding hydrogens is 584 g/mol.